The maximum absolute atomic E-state index is 12.2. The number of aromatic nitrogens is 2. The van der Waals surface area contributed by atoms with E-state index in [1.165, 1.54) is 12.5 Å². The summed E-state index contributed by atoms with van der Waals surface area (Å²) in [6.45, 7) is 5.99. The molecule has 8 heteroatoms. The quantitative estimate of drug-likeness (QED) is 0.526. The lowest BCUT2D eigenvalue weighted by Crippen LogP contribution is -2.20. The summed E-state index contributed by atoms with van der Waals surface area (Å²) in [6, 6.07) is 0. The third-order valence-corrected chi connectivity index (χ3v) is 5.21. The summed E-state index contributed by atoms with van der Waals surface area (Å²) >= 11 is 0. The number of nitrogens with one attached hydrogen (secondary N) is 2. The molecule has 2 aromatic rings. The number of rotatable bonds is 13. The van der Waals surface area contributed by atoms with Crippen LogP contribution in [0.5, 0.6) is 0 Å². The minimum Gasteiger partial charge on any atom is -0.387 e. The largest absolute Gasteiger partial charge is 0.387 e. The van der Waals surface area contributed by atoms with Crippen LogP contribution in [0.4, 0.5) is 0 Å². The van der Waals surface area contributed by atoms with Gasteiger partial charge in [0.05, 0.1) is 11.1 Å². The molecular formula is C21H30N2O6. The predicted molar refractivity (Wildman–Crippen MR) is 107 cm³/mol. The SMILES string of the molecule is CC(CCC(=O)CCC(=O)CCC(C)(C)Cc1co[nH]c1=O)Cc1co[nH]c1=O. The predicted octanol–water partition coefficient (Wildman–Crippen LogP) is 3.18. The van der Waals surface area contributed by atoms with Crippen LogP contribution in [-0.4, -0.2) is 21.9 Å². The van der Waals surface area contributed by atoms with E-state index in [4.69, 9.17) is 9.05 Å². The van der Waals surface area contributed by atoms with E-state index in [0.717, 1.165) is 0 Å². The van der Waals surface area contributed by atoms with Crippen LogP contribution < -0.4 is 11.1 Å². The van der Waals surface area contributed by atoms with Crippen LogP contribution in [-0.2, 0) is 22.4 Å². The number of aromatic amines is 2. The van der Waals surface area contributed by atoms with Crippen LogP contribution in [0, 0.1) is 11.3 Å². The molecule has 29 heavy (non-hydrogen) atoms. The molecule has 8 nitrogen and oxygen atoms in total. The third-order valence-electron chi connectivity index (χ3n) is 5.21. The van der Waals surface area contributed by atoms with Crippen molar-refractivity contribution < 1.29 is 18.6 Å². The summed E-state index contributed by atoms with van der Waals surface area (Å²) < 4.78 is 9.55. The molecule has 0 amide bonds. The van der Waals surface area contributed by atoms with Gasteiger partial charge in [-0.2, -0.15) is 10.3 Å². The lowest BCUT2D eigenvalue weighted by molar-refractivity contribution is -0.124. The fourth-order valence-electron chi connectivity index (χ4n) is 3.30. The summed E-state index contributed by atoms with van der Waals surface area (Å²) in [5.74, 6) is 0.307. The highest BCUT2D eigenvalue weighted by Crippen LogP contribution is 2.27. The third kappa shape index (κ3) is 7.71. The van der Waals surface area contributed by atoms with E-state index in [0.29, 0.717) is 49.7 Å². The maximum Gasteiger partial charge on any atom is 0.283 e. The van der Waals surface area contributed by atoms with E-state index in [2.05, 4.69) is 10.3 Å². The van der Waals surface area contributed by atoms with E-state index < -0.39 is 0 Å². The van der Waals surface area contributed by atoms with E-state index in [1.807, 2.05) is 20.8 Å². The van der Waals surface area contributed by atoms with Gasteiger partial charge in [0, 0.05) is 25.7 Å². The highest BCUT2D eigenvalue weighted by atomic mass is 16.5. The minimum absolute atomic E-state index is 0.0607. The Hall–Kier alpha value is -2.64. The van der Waals surface area contributed by atoms with Crippen LogP contribution in [0.3, 0.4) is 0 Å². The fraction of sp³-hybridized carbons (Fsp3) is 0.619. The first-order chi connectivity index (χ1) is 13.7. The number of hydrogen-bond donors (Lipinski definition) is 2. The van der Waals surface area contributed by atoms with Gasteiger partial charge in [0.2, 0.25) is 0 Å². The maximum atomic E-state index is 12.2. The summed E-state index contributed by atoms with van der Waals surface area (Å²) in [4.78, 5) is 47.2. The van der Waals surface area contributed by atoms with Gasteiger partial charge in [-0.25, -0.2) is 0 Å². The van der Waals surface area contributed by atoms with Crippen molar-refractivity contribution in [3.05, 3.63) is 44.4 Å². The number of carbonyl (C=O) groups excluding carboxylic acids is 2. The summed E-state index contributed by atoms with van der Waals surface area (Å²) in [7, 11) is 0. The molecule has 0 fully saturated rings. The van der Waals surface area contributed by atoms with Gasteiger partial charge in [-0.15, -0.1) is 0 Å². The van der Waals surface area contributed by atoms with Crippen LogP contribution in [0.25, 0.3) is 0 Å². The lowest BCUT2D eigenvalue weighted by atomic mass is 9.81. The molecule has 160 valence electrons. The van der Waals surface area contributed by atoms with E-state index >= 15 is 0 Å². The number of ketones is 2. The standard InChI is InChI=1S/C21H30N2O6/c1-14(10-15-12-28-22-19(15)26)4-5-17(24)6-7-18(25)8-9-21(2,3)11-16-13-29-23-20(16)27/h12-14H,4-11H2,1-3H3,(H,22,26)(H,23,27). The van der Waals surface area contributed by atoms with Gasteiger partial charge < -0.3 is 9.05 Å². The van der Waals surface area contributed by atoms with Gasteiger partial charge in [0.1, 0.15) is 24.1 Å². The second-order valence-electron chi connectivity index (χ2n) is 8.65. The summed E-state index contributed by atoms with van der Waals surface area (Å²) in [6.07, 6.45) is 6.50. The van der Waals surface area contributed by atoms with Crippen molar-refractivity contribution in [1.82, 2.24) is 10.3 Å². The molecule has 2 heterocycles. The van der Waals surface area contributed by atoms with Crippen LogP contribution in [0.1, 0.15) is 70.4 Å². The Morgan fingerprint density at radius 3 is 2.03 bits per heavy atom. The highest BCUT2D eigenvalue weighted by Gasteiger charge is 2.22. The molecule has 0 aliphatic carbocycles. The molecular weight excluding hydrogens is 376 g/mol. The molecule has 0 saturated heterocycles. The minimum atomic E-state index is -0.235. The van der Waals surface area contributed by atoms with Crippen molar-refractivity contribution in [2.75, 3.05) is 0 Å². The van der Waals surface area contributed by atoms with Gasteiger partial charge in [-0.1, -0.05) is 20.8 Å². The first-order valence-electron chi connectivity index (χ1n) is 10.00. The zero-order chi connectivity index (χ0) is 21.4. The van der Waals surface area contributed by atoms with Crippen LogP contribution >= 0.6 is 0 Å². The average molecular weight is 406 g/mol. The molecule has 1 atom stereocenters. The Kier molecular flexibility index (Phi) is 7.99. The zero-order valence-electron chi connectivity index (χ0n) is 17.3. The monoisotopic (exact) mass is 406 g/mol. The van der Waals surface area contributed by atoms with Crippen LogP contribution in [0.2, 0.25) is 0 Å². The molecule has 0 aliphatic heterocycles. The van der Waals surface area contributed by atoms with Crippen molar-refractivity contribution in [3.8, 4) is 0 Å². The molecule has 0 aliphatic rings. The molecule has 0 spiro atoms. The van der Waals surface area contributed by atoms with Crippen molar-refractivity contribution in [2.45, 2.75) is 72.1 Å². The average Bonchev–Trinajstić information content (AvgIpc) is 3.24. The Morgan fingerprint density at radius 2 is 1.48 bits per heavy atom. The van der Waals surface area contributed by atoms with Gasteiger partial charge in [-0.3, -0.25) is 19.2 Å². The number of H-pyrrole nitrogens is 2. The normalized spacial score (nSPS) is 12.8. The van der Waals surface area contributed by atoms with Gasteiger partial charge in [-0.05, 0) is 37.0 Å². The second-order valence-corrected chi connectivity index (χ2v) is 8.65. The van der Waals surface area contributed by atoms with Gasteiger partial charge in [0.25, 0.3) is 11.1 Å². The Bertz CT molecular complexity index is 914. The number of carbonyl (C=O) groups is 2. The Labute approximate surface area is 169 Å². The molecule has 0 bridgehead atoms. The fourth-order valence-corrected chi connectivity index (χ4v) is 3.30. The van der Waals surface area contributed by atoms with Crippen LogP contribution in [0.15, 0.2) is 31.2 Å². The zero-order valence-corrected chi connectivity index (χ0v) is 17.3. The summed E-state index contributed by atoms with van der Waals surface area (Å²) in [5, 5.41) is 4.52. The van der Waals surface area contributed by atoms with Gasteiger partial charge in [0.15, 0.2) is 0 Å². The first kappa shape index (κ1) is 22.6. The van der Waals surface area contributed by atoms with E-state index in [9.17, 15) is 19.2 Å². The summed E-state index contributed by atoms with van der Waals surface area (Å²) in [5.41, 5.74) is 0.483. The van der Waals surface area contributed by atoms with Crippen molar-refractivity contribution in [1.29, 1.82) is 0 Å². The van der Waals surface area contributed by atoms with Crippen molar-refractivity contribution in [2.24, 2.45) is 11.3 Å². The topological polar surface area (TPSA) is 126 Å². The molecule has 2 aromatic heterocycles. The Morgan fingerprint density at radius 1 is 0.931 bits per heavy atom. The number of Topliss-reactive ketones (excluding diaryl/α,β-unsaturated/α-hetero) is 2. The highest BCUT2D eigenvalue weighted by molar-refractivity contribution is 5.85. The smallest absolute Gasteiger partial charge is 0.283 e. The van der Waals surface area contributed by atoms with Crippen molar-refractivity contribution >= 4 is 11.6 Å². The molecule has 1 unspecified atom stereocenters. The molecule has 0 saturated carbocycles. The lowest BCUT2D eigenvalue weighted by Gasteiger charge is -2.23. The second kappa shape index (κ2) is 10.2. The van der Waals surface area contributed by atoms with Gasteiger partial charge >= 0.3 is 0 Å². The number of hydrogen-bond acceptors (Lipinski definition) is 6. The molecule has 2 rings (SSSR count). The van der Waals surface area contributed by atoms with E-state index in [-0.39, 0.29) is 46.9 Å². The van der Waals surface area contributed by atoms with E-state index in [1.54, 1.807) is 0 Å². The van der Waals surface area contributed by atoms with Crippen molar-refractivity contribution in [3.63, 3.8) is 0 Å². The molecule has 0 aromatic carbocycles. The molecule has 0 radical (unpaired) electrons. The molecule has 2 N–H and O–H groups in total. The first-order valence-corrected chi connectivity index (χ1v) is 10.00. The Balaban J connectivity index is 1.64.